The van der Waals surface area contributed by atoms with Gasteiger partial charge in [0.1, 0.15) is 6.61 Å². The molecule has 1 fully saturated rings. The number of carbonyl (C=O) groups is 1. The maximum Gasteiger partial charge on any atom is 0.412 e. The molecule has 1 aliphatic heterocycles. The summed E-state index contributed by atoms with van der Waals surface area (Å²) in [6.45, 7) is 0.611. The van der Waals surface area contributed by atoms with Gasteiger partial charge < -0.3 is 9.73 Å². The lowest BCUT2D eigenvalue weighted by Gasteiger charge is -2.15. The molecule has 0 aromatic carbocycles. The first kappa shape index (κ1) is 8.96. The van der Waals surface area contributed by atoms with E-state index in [1.807, 2.05) is 0 Å². The standard InChI is InChI=1S/C7H11FN2O2/c1-9-3-2-6(8)10-4-5-12-7(10)11/h3,6H,2,4-5H2,1H3/b9-3-. The third-order valence-electron chi connectivity index (χ3n) is 1.61. The molecule has 1 rings (SSSR count). The van der Waals surface area contributed by atoms with E-state index in [1.165, 1.54) is 6.21 Å². The lowest BCUT2D eigenvalue weighted by Crippen LogP contribution is -2.32. The Hall–Kier alpha value is -1.13. The molecule has 1 unspecified atom stereocenters. The van der Waals surface area contributed by atoms with Crippen molar-refractivity contribution in [3.63, 3.8) is 0 Å². The van der Waals surface area contributed by atoms with Gasteiger partial charge in [0.25, 0.3) is 0 Å². The van der Waals surface area contributed by atoms with Crippen molar-refractivity contribution in [2.24, 2.45) is 4.99 Å². The monoisotopic (exact) mass is 174 g/mol. The minimum atomic E-state index is -1.30. The summed E-state index contributed by atoms with van der Waals surface area (Å²) in [6, 6.07) is 0. The summed E-state index contributed by atoms with van der Waals surface area (Å²) in [4.78, 5) is 15.5. The highest BCUT2D eigenvalue weighted by Gasteiger charge is 2.28. The zero-order chi connectivity index (χ0) is 8.97. The number of nitrogens with zero attached hydrogens (tertiary/aromatic N) is 2. The predicted octanol–water partition coefficient (Wildman–Crippen LogP) is 0.825. The van der Waals surface area contributed by atoms with Crippen LogP contribution in [0.4, 0.5) is 9.18 Å². The lowest BCUT2D eigenvalue weighted by molar-refractivity contribution is 0.110. The van der Waals surface area contributed by atoms with Crippen molar-refractivity contribution in [2.75, 3.05) is 20.2 Å². The molecular formula is C7H11FN2O2. The average molecular weight is 174 g/mol. The van der Waals surface area contributed by atoms with Crippen LogP contribution < -0.4 is 0 Å². The van der Waals surface area contributed by atoms with Crippen LogP contribution in [-0.2, 0) is 4.74 Å². The summed E-state index contributed by atoms with van der Waals surface area (Å²) in [7, 11) is 1.56. The second-order valence-corrected chi connectivity index (χ2v) is 2.42. The highest BCUT2D eigenvalue weighted by atomic mass is 19.1. The second kappa shape index (κ2) is 4.04. The van der Waals surface area contributed by atoms with Gasteiger partial charge in [-0.15, -0.1) is 0 Å². The van der Waals surface area contributed by atoms with E-state index in [4.69, 9.17) is 0 Å². The fraction of sp³-hybridized carbons (Fsp3) is 0.714. The summed E-state index contributed by atoms with van der Waals surface area (Å²) >= 11 is 0. The van der Waals surface area contributed by atoms with Crippen LogP contribution in [0.1, 0.15) is 6.42 Å². The lowest BCUT2D eigenvalue weighted by atomic mass is 10.4. The highest BCUT2D eigenvalue weighted by Crippen LogP contribution is 2.11. The molecule has 0 bridgehead atoms. The number of hydrogen-bond acceptors (Lipinski definition) is 3. The number of halogens is 1. The van der Waals surface area contributed by atoms with Gasteiger partial charge in [-0.2, -0.15) is 0 Å². The van der Waals surface area contributed by atoms with Gasteiger partial charge in [0.15, 0.2) is 6.30 Å². The Morgan fingerprint density at radius 2 is 2.67 bits per heavy atom. The minimum Gasteiger partial charge on any atom is -0.447 e. The van der Waals surface area contributed by atoms with E-state index in [2.05, 4.69) is 9.73 Å². The van der Waals surface area contributed by atoms with Gasteiger partial charge in [0, 0.05) is 19.7 Å². The largest absolute Gasteiger partial charge is 0.447 e. The molecule has 0 spiro atoms. The van der Waals surface area contributed by atoms with E-state index in [0.717, 1.165) is 4.90 Å². The highest BCUT2D eigenvalue weighted by molar-refractivity contribution is 5.70. The number of amides is 1. The van der Waals surface area contributed by atoms with E-state index >= 15 is 0 Å². The summed E-state index contributed by atoms with van der Waals surface area (Å²) < 4.78 is 17.6. The van der Waals surface area contributed by atoms with Crippen LogP contribution in [0.3, 0.4) is 0 Å². The molecule has 0 N–H and O–H groups in total. The van der Waals surface area contributed by atoms with Crippen LogP contribution >= 0.6 is 0 Å². The average Bonchev–Trinajstić information content (AvgIpc) is 2.47. The first-order valence-electron chi connectivity index (χ1n) is 3.74. The normalized spacial score (nSPS) is 20.2. The van der Waals surface area contributed by atoms with E-state index in [-0.39, 0.29) is 13.0 Å². The van der Waals surface area contributed by atoms with Gasteiger partial charge in [-0.3, -0.25) is 4.90 Å². The molecule has 1 heterocycles. The molecule has 0 aromatic heterocycles. The molecular weight excluding hydrogens is 163 g/mol. The number of rotatable bonds is 3. The third kappa shape index (κ3) is 1.93. The van der Waals surface area contributed by atoms with E-state index < -0.39 is 12.4 Å². The molecule has 0 saturated carbocycles. The van der Waals surface area contributed by atoms with Gasteiger partial charge in [-0.25, -0.2) is 9.18 Å². The van der Waals surface area contributed by atoms with Crippen molar-refractivity contribution in [2.45, 2.75) is 12.7 Å². The van der Waals surface area contributed by atoms with Crippen LogP contribution in [0.15, 0.2) is 4.99 Å². The van der Waals surface area contributed by atoms with Crippen LogP contribution in [-0.4, -0.2) is 43.7 Å². The first-order valence-corrected chi connectivity index (χ1v) is 3.74. The molecule has 0 aliphatic carbocycles. The molecule has 0 aromatic rings. The number of hydrogen-bond donors (Lipinski definition) is 0. The van der Waals surface area contributed by atoms with E-state index in [1.54, 1.807) is 7.05 Å². The Kier molecular flexibility index (Phi) is 3.01. The Morgan fingerprint density at radius 1 is 1.92 bits per heavy atom. The molecule has 1 saturated heterocycles. The molecule has 5 heteroatoms. The van der Waals surface area contributed by atoms with E-state index in [9.17, 15) is 9.18 Å². The predicted molar refractivity (Wildman–Crippen MR) is 42.0 cm³/mol. The first-order chi connectivity index (χ1) is 5.75. The Balaban J connectivity index is 2.40. The number of carbonyl (C=O) groups excluding carboxylic acids is 1. The van der Waals surface area contributed by atoms with Crippen molar-refractivity contribution < 1.29 is 13.9 Å². The SMILES string of the molecule is C/N=C\CC(F)N1CCOC1=O. The Labute approximate surface area is 70.0 Å². The summed E-state index contributed by atoms with van der Waals surface area (Å²) in [6.07, 6.45) is -0.308. The van der Waals surface area contributed by atoms with Gasteiger partial charge >= 0.3 is 6.09 Å². The van der Waals surface area contributed by atoms with Crippen LogP contribution in [0.2, 0.25) is 0 Å². The Bertz CT molecular complexity index is 196. The van der Waals surface area contributed by atoms with Crippen molar-refractivity contribution in [1.29, 1.82) is 0 Å². The van der Waals surface area contributed by atoms with Gasteiger partial charge in [0.2, 0.25) is 0 Å². The number of ether oxygens (including phenoxy) is 1. The zero-order valence-corrected chi connectivity index (χ0v) is 6.86. The number of aliphatic imine (C=N–C) groups is 1. The molecule has 1 atom stereocenters. The Morgan fingerprint density at radius 3 is 3.17 bits per heavy atom. The summed E-state index contributed by atoms with van der Waals surface area (Å²) in [5.41, 5.74) is 0. The number of cyclic esters (lactones) is 1. The van der Waals surface area contributed by atoms with Gasteiger partial charge in [-0.05, 0) is 0 Å². The van der Waals surface area contributed by atoms with Crippen molar-refractivity contribution in [1.82, 2.24) is 4.90 Å². The molecule has 4 nitrogen and oxygen atoms in total. The summed E-state index contributed by atoms with van der Waals surface area (Å²) in [5.74, 6) is 0. The van der Waals surface area contributed by atoms with Crippen molar-refractivity contribution >= 4 is 12.3 Å². The van der Waals surface area contributed by atoms with Crippen molar-refractivity contribution in [3.05, 3.63) is 0 Å². The molecule has 1 aliphatic rings. The quantitative estimate of drug-likeness (QED) is 0.469. The van der Waals surface area contributed by atoms with E-state index in [0.29, 0.717) is 6.54 Å². The fourth-order valence-electron chi connectivity index (χ4n) is 0.980. The zero-order valence-electron chi connectivity index (χ0n) is 6.86. The van der Waals surface area contributed by atoms with Crippen LogP contribution in [0, 0.1) is 0 Å². The molecule has 12 heavy (non-hydrogen) atoms. The molecule has 1 amide bonds. The molecule has 68 valence electrons. The van der Waals surface area contributed by atoms with Gasteiger partial charge in [-0.1, -0.05) is 0 Å². The smallest absolute Gasteiger partial charge is 0.412 e. The molecule has 0 radical (unpaired) electrons. The third-order valence-corrected chi connectivity index (χ3v) is 1.61. The topological polar surface area (TPSA) is 41.9 Å². The van der Waals surface area contributed by atoms with Crippen molar-refractivity contribution in [3.8, 4) is 0 Å². The maximum atomic E-state index is 13.1. The summed E-state index contributed by atoms with van der Waals surface area (Å²) in [5, 5.41) is 0. The van der Waals surface area contributed by atoms with Gasteiger partial charge in [0.05, 0.1) is 6.54 Å². The minimum absolute atomic E-state index is 0.131. The second-order valence-electron chi connectivity index (χ2n) is 2.42. The van der Waals surface area contributed by atoms with Crippen LogP contribution in [0.5, 0.6) is 0 Å². The fourth-order valence-corrected chi connectivity index (χ4v) is 0.980. The number of alkyl halides is 1. The van der Waals surface area contributed by atoms with Crippen LogP contribution in [0.25, 0.3) is 0 Å². The maximum absolute atomic E-state index is 13.1.